The van der Waals surface area contributed by atoms with Crippen LogP contribution in [0.25, 0.3) is 0 Å². The first-order valence-corrected chi connectivity index (χ1v) is 8.28. The number of halogens is 2. The van der Waals surface area contributed by atoms with E-state index in [-0.39, 0.29) is 36.6 Å². The molecular formula is C17H28Cl2N4O. The minimum absolute atomic E-state index is 0. The van der Waals surface area contributed by atoms with Crippen molar-refractivity contribution in [1.29, 1.82) is 0 Å². The van der Waals surface area contributed by atoms with Crippen molar-refractivity contribution in [3.63, 3.8) is 0 Å². The molecule has 3 N–H and O–H groups in total. The van der Waals surface area contributed by atoms with Gasteiger partial charge in [-0.25, -0.2) is 0 Å². The normalized spacial score (nSPS) is 21.5. The van der Waals surface area contributed by atoms with Gasteiger partial charge in [0.15, 0.2) is 0 Å². The van der Waals surface area contributed by atoms with Gasteiger partial charge in [0, 0.05) is 12.6 Å². The van der Waals surface area contributed by atoms with Crippen LogP contribution in [0, 0.1) is 5.92 Å². The first kappa shape index (κ1) is 21.0. The Kier molecular flexibility index (Phi) is 8.84. The number of hydrogen-bond acceptors (Lipinski definition) is 4. The quantitative estimate of drug-likeness (QED) is 0.757. The molecule has 0 spiro atoms. The third-order valence-corrected chi connectivity index (χ3v) is 4.69. The smallest absolute Gasteiger partial charge is 0.228 e. The lowest BCUT2D eigenvalue weighted by Gasteiger charge is -2.30. The molecule has 1 aromatic carbocycles. The second kappa shape index (κ2) is 10.1. The molecule has 1 aromatic rings. The molecular weight excluding hydrogens is 347 g/mol. The van der Waals surface area contributed by atoms with E-state index < -0.39 is 0 Å². The topological polar surface area (TPSA) is 56.4 Å². The van der Waals surface area contributed by atoms with Gasteiger partial charge in [0.1, 0.15) is 0 Å². The number of benzene rings is 1. The molecule has 0 saturated carbocycles. The second-order valence-corrected chi connectivity index (χ2v) is 6.45. The molecule has 2 saturated heterocycles. The predicted molar refractivity (Wildman–Crippen MR) is 105 cm³/mol. The van der Waals surface area contributed by atoms with Gasteiger partial charge < -0.3 is 20.9 Å². The molecule has 1 unspecified atom stereocenters. The van der Waals surface area contributed by atoms with Crippen LogP contribution in [0.5, 0.6) is 0 Å². The highest BCUT2D eigenvalue weighted by molar-refractivity contribution is 5.96. The molecule has 24 heavy (non-hydrogen) atoms. The first-order valence-electron chi connectivity index (χ1n) is 8.28. The molecule has 0 bridgehead atoms. The van der Waals surface area contributed by atoms with Gasteiger partial charge >= 0.3 is 0 Å². The summed E-state index contributed by atoms with van der Waals surface area (Å²) in [6.45, 7) is 3.98. The third kappa shape index (κ3) is 5.52. The number of para-hydroxylation sites is 2. The zero-order chi connectivity index (χ0) is 15.4. The molecule has 2 aliphatic heterocycles. The Balaban J connectivity index is 0.00000144. The van der Waals surface area contributed by atoms with Crippen LogP contribution >= 0.6 is 24.8 Å². The molecule has 0 aromatic heterocycles. The molecule has 1 amide bonds. The van der Waals surface area contributed by atoms with Gasteiger partial charge in [0.25, 0.3) is 0 Å². The Morgan fingerprint density at radius 3 is 2.42 bits per heavy atom. The summed E-state index contributed by atoms with van der Waals surface area (Å²) in [6.07, 6.45) is 3.22. The third-order valence-electron chi connectivity index (χ3n) is 4.69. The monoisotopic (exact) mass is 374 g/mol. The number of amides is 1. The summed E-state index contributed by atoms with van der Waals surface area (Å²) in [7, 11) is 2.17. The van der Waals surface area contributed by atoms with E-state index >= 15 is 0 Å². The lowest BCUT2D eigenvalue weighted by atomic mass is 10.0. The minimum atomic E-state index is 0. The molecule has 1 atom stereocenters. The van der Waals surface area contributed by atoms with Crippen molar-refractivity contribution in [3.8, 4) is 0 Å². The zero-order valence-corrected chi connectivity index (χ0v) is 15.7. The Morgan fingerprint density at radius 2 is 1.79 bits per heavy atom. The number of rotatable bonds is 4. The largest absolute Gasteiger partial charge is 0.381 e. The standard InChI is InChI=1S/C17H26N4O.2ClH/c1-21-10-7-14(8-11-21)19-15-4-2-3-5-16(15)20-17(22)13-6-9-18-12-13;;/h2-5,13-14,18-19H,6-12H2,1H3,(H,20,22);2*1H. The van der Waals surface area contributed by atoms with Gasteiger partial charge in [0.05, 0.1) is 17.3 Å². The summed E-state index contributed by atoms with van der Waals surface area (Å²) in [5, 5.41) is 9.95. The molecule has 2 heterocycles. The number of anilines is 2. The van der Waals surface area contributed by atoms with Crippen molar-refractivity contribution in [2.24, 2.45) is 5.92 Å². The zero-order valence-electron chi connectivity index (χ0n) is 14.1. The van der Waals surface area contributed by atoms with Crippen molar-refractivity contribution < 1.29 is 4.79 Å². The molecule has 2 aliphatic rings. The fraction of sp³-hybridized carbons (Fsp3) is 0.588. The summed E-state index contributed by atoms with van der Waals surface area (Å²) in [4.78, 5) is 14.7. The Morgan fingerprint density at radius 1 is 1.12 bits per heavy atom. The summed E-state index contributed by atoms with van der Waals surface area (Å²) in [5.74, 6) is 0.221. The number of carbonyl (C=O) groups is 1. The number of nitrogens with one attached hydrogen (secondary N) is 3. The molecule has 136 valence electrons. The maximum absolute atomic E-state index is 12.3. The average Bonchev–Trinajstić information content (AvgIpc) is 3.06. The van der Waals surface area contributed by atoms with Gasteiger partial charge in [-0.15, -0.1) is 24.8 Å². The highest BCUT2D eigenvalue weighted by Gasteiger charge is 2.23. The lowest BCUT2D eigenvalue weighted by molar-refractivity contribution is -0.119. The summed E-state index contributed by atoms with van der Waals surface area (Å²) in [5.41, 5.74) is 1.94. The number of carbonyl (C=O) groups excluding carboxylic acids is 1. The fourth-order valence-electron chi connectivity index (χ4n) is 3.20. The molecule has 2 fully saturated rings. The highest BCUT2D eigenvalue weighted by atomic mass is 35.5. The van der Waals surface area contributed by atoms with E-state index in [2.05, 4.69) is 34.0 Å². The van der Waals surface area contributed by atoms with E-state index in [1.807, 2.05) is 18.2 Å². The van der Waals surface area contributed by atoms with E-state index in [1.54, 1.807) is 0 Å². The van der Waals surface area contributed by atoms with Crippen LogP contribution in [0.1, 0.15) is 19.3 Å². The fourth-order valence-corrected chi connectivity index (χ4v) is 3.20. The van der Waals surface area contributed by atoms with Crippen LogP contribution in [0.3, 0.4) is 0 Å². The van der Waals surface area contributed by atoms with Crippen molar-refractivity contribution in [2.75, 3.05) is 43.9 Å². The van der Waals surface area contributed by atoms with E-state index in [1.165, 1.54) is 0 Å². The van der Waals surface area contributed by atoms with Gasteiger partial charge in [0.2, 0.25) is 5.91 Å². The number of nitrogens with zero attached hydrogens (tertiary/aromatic N) is 1. The maximum Gasteiger partial charge on any atom is 0.228 e. The Bertz CT molecular complexity index is 515. The SMILES string of the molecule is CN1CCC(Nc2ccccc2NC(=O)C2CCNC2)CC1.Cl.Cl. The first-order chi connectivity index (χ1) is 10.7. The van der Waals surface area contributed by atoms with Crippen molar-refractivity contribution in [3.05, 3.63) is 24.3 Å². The summed E-state index contributed by atoms with van der Waals surface area (Å²) < 4.78 is 0. The predicted octanol–water partition coefficient (Wildman–Crippen LogP) is 2.58. The summed E-state index contributed by atoms with van der Waals surface area (Å²) in [6, 6.07) is 8.52. The molecule has 0 radical (unpaired) electrons. The van der Waals surface area contributed by atoms with Crippen LogP contribution in [0.15, 0.2) is 24.3 Å². The average molecular weight is 375 g/mol. The van der Waals surface area contributed by atoms with E-state index in [9.17, 15) is 4.79 Å². The minimum Gasteiger partial charge on any atom is -0.381 e. The van der Waals surface area contributed by atoms with Gasteiger partial charge in [-0.3, -0.25) is 4.79 Å². The molecule has 5 nitrogen and oxygen atoms in total. The van der Waals surface area contributed by atoms with Gasteiger partial charge in [-0.2, -0.15) is 0 Å². The van der Waals surface area contributed by atoms with Crippen LogP contribution in [0.2, 0.25) is 0 Å². The lowest BCUT2D eigenvalue weighted by Crippen LogP contribution is -2.37. The van der Waals surface area contributed by atoms with Crippen molar-refractivity contribution in [1.82, 2.24) is 10.2 Å². The van der Waals surface area contributed by atoms with Crippen LogP contribution in [0.4, 0.5) is 11.4 Å². The highest BCUT2D eigenvalue weighted by Crippen LogP contribution is 2.25. The van der Waals surface area contributed by atoms with Crippen LogP contribution < -0.4 is 16.0 Å². The van der Waals surface area contributed by atoms with Crippen molar-refractivity contribution >= 4 is 42.1 Å². The number of hydrogen-bond donors (Lipinski definition) is 3. The molecule has 0 aliphatic carbocycles. The number of likely N-dealkylation sites (tertiary alicyclic amines) is 1. The van der Waals surface area contributed by atoms with Crippen molar-refractivity contribution in [2.45, 2.75) is 25.3 Å². The van der Waals surface area contributed by atoms with Crippen LogP contribution in [-0.4, -0.2) is 50.1 Å². The number of piperidine rings is 1. The summed E-state index contributed by atoms with van der Waals surface area (Å²) >= 11 is 0. The Labute approximate surface area is 156 Å². The van der Waals surface area contributed by atoms with Gasteiger partial charge in [-0.1, -0.05) is 12.1 Å². The van der Waals surface area contributed by atoms with Gasteiger partial charge in [-0.05, 0) is 58.1 Å². The van der Waals surface area contributed by atoms with E-state index in [4.69, 9.17) is 0 Å². The Hall–Kier alpha value is -1.01. The molecule has 7 heteroatoms. The van der Waals surface area contributed by atoms with E-state index in [0.29, 0.717) is 6.04 Å². The van der Waals surface area contributed by atoms with E-state index in [0.717, 1.165) is 56.8 Å². The maximum atomic E-state index is 12.3. The second-order valence-electron chi connectivity index (χ2n) is 6.45. The molecule has 3 rings (SSSR count). The van der Waals surface area contributed by atoms with Crippen LogP contribution in [-0.2, 0) is 4.79 Å².